The van der Waals surface area contributed by atoms with Crippen molar-refractivity contribution >= 4 is 5.91 Å². The van der Waals surface area contributed by atoms with Crippen LogP contribution in [0.5, 0.6) is 0 Å². The van der Waals surface area contributed by atoms with E-state index < -0.39 is 0 Å². The number of carbonyl (C=O) groups is 1. The number of hydrogen-bond donors (Lipinski definition) is 1. The van der Waals surface area contributed by atoms with Gasteiger partial charge < -0.3 is 4.90 Å². The Kier molecular flexibility index (Phi) is 3.64. The van der Waals surface area contributed by atoms with Crippen LogP contribution in [0.15, 0.2) is 6.07 Å². The first-order valence-electron chi connectivity index (χ1n) is 6.17. The molecule has 7 nitrogen and oxygen atoms in total. The monoisotopic (exact) mass is 262 g/mol. The molecule has 0 radical (unpaired) electrons. The van der Waals surface area contributed by atoms with Crippen molar-refractivity contribution in [1.82, 2.24) is 29.9 Å². The fourth-order valence-corrected chi connectivity index (χ4v) is 1.84. The zero-order valence-corrected chi connectivity index (χ0v) is 11.6. The maximum Gasteiger partial charge on any atom is 0.272 e. The van der Waals surface area contributed by atoms with E-state index in [0.717, 1.165) is 17.9 Å². The number of aryl methyl sites for hydroxylation is 3. The summed E-state index contributed by atoms with van der Waals surface area (Å²) in [5, 5.41) is 11.1. The van der Waals surface area contributed by atoms with E-state index in [1.165, 1.54) is 0 Å². The first-order chi connectivity index (χ1) is 9.01. The number of amides is 1. The Hall–Kier alpha value is -2.18. The van der Waals surface area contributed by atoms with Crippen LogP contribution in [0.25, 0.3) is 0 Å². The van der Waals surface area contributed by atoms with Crippen molar-refractivity contribution in [2.75, 3.05) is 7.05 Å². The van der Waals surface area contributed by atoms with E-state index in [2.05, 4.69) is 20.3 Å². The summed E-state index contributed by atoms with van der Waals surface area (Å²) in [7, 11) is 3.50. The van der Waals surface area contributed by atoms with Gasteiger partial charge in [-0.25, -0.2) is 4.98 Å². The number of H-pyrrole nitrogens is 1. The van der Waals surface area contributed by atoms with Gasteiger partial charge >= 0.3 is 0 Å². The van der Waals surface area contributed by atoms with Crippen molar-refractivity contribution in [3.05, 3.63) is 29.1 Å². The number of aromatic amines is 1. The second kappa shape index (κ2) is 5.21. The molecule has 0 atom stereocenters. The van der Waals surface area contributed by atoms with Crippen LogP contribution in [-0.2, 0) is 20.0 Å². The van der Waals surface area contributed by atoms with Crippen LogP contribution in [0.4, 0.5) is 0 Å². The summed E-state index contributed by atoms with van der Waals surface area (Å²) < 4.78 is 1.61. The predicted octanol–water partition coefficient (Wildman–Crippen LogP) is 0.681. The maximum absolute atomic E-state index is 12.3. The zero-order chi connectivity index (χ0) is 14.0. The van der Waals surface area contributed by atoms with E-state index in [0.29, 0.717) is 18.1 Å². The predicted molar refractivity (Wildman–Crippen MR) is 69.5 cm³/mol. The molecule has 2 aromatic rings. The summed E-state index contributed by atoms with van der Waals surface area (Å²) in [5.74, 6) is 1.26. The standard InChI is InChI=1S/C12H18N6O/c1-5-9-6-10(18(4)16-9)12(19)17(3)7-11-13-8(2)14-15-11/h6H,5,7H2,1-4H3,(H,13,14,15). The van der Waals surface area contributed by atoms with E-state index in [-0.39, 0.29) is 5.91 Å². The Bertz CT molecular complexity index is 585. The van der Waals surface area contributed by atoms with E-state index in [9.17, 15) is 4.79 Å². The molecule has 2 rings (SSSR count). The highest BCUT2D eigenvalue weighted by atomic mass is 16.2. The Balaban J connectivity index is 2.12. The molecular formula is C12H18N6O. The summed E-state index contributed by atoms with van der Waals surface area (Å²) in [4.78, 5) is 18.1. The van der Waals surface area contributed by atoms with Gasteiger partial charge in [-0.05, 0) is 19.4 Å². The Morgan fingerprint density at radius 1 is 1.53 bits per heavy atom. The minimum absolute atomic E-state index is 0.0860. The van der Waals surface area contributed by atoms with Crippen LogP contribution in [0.3, 0.4) is 0 Å². The number of hydrogen-bond acceptors (Lipinski definition) is 4. The average Bonchev–Trinajstić information content (AvgIpc) is 2.94. The molecule has 0 fully saturated rings. The lowest BCUT2D eigenvalue weighted by molar-refractivity contribution is 0.0770. The maximum atomic E-state index is 12.3. The number of aromatic nitrogens is 5. The normalized spacial score (nSPS) is 10.7. The van der Waals surface area contributed by atoms with Crippen molar-refractivity contribution in [2.24, 2.45) is 7.05 Å². The summed E-state index contributed by atoms with van der Waals surface area (Å²) in [6.45, 7) is 4.21. The summed E-state index contributed by atoms with van der Waals surface area (Å²) >= 11 is 0. The van der Waals surface area contributed by atoms with Gasteiger partial charge in [0.25, 0.3) is 5.91 Å². The first kappa shape index (κ1) is 13.3. The molecule has 0 saturated carbocycles. The van der Waals surface area contributed by atoms with E-state index in [4.69, 9.17) is 0 Å². The largest absolute Gasteiger partial charge is 0.333 e. The van der Waals surface area contributed by atoms with Gasteiger partial charge in [0, 0.05) is 14.1 Å². The molecule has 19 heavy (non-hydrogen) atoms. The minimum atomic E-state index is -0.0860. The quantitative estimate of drug-likeness (QED) is 0.878. The third kappa shape index (κ3) is 2.81. The van der Waals surface area contributed by atoms with Crippen molar-refractivity contribution in [3.8, 4) is 0 Å². The van der Waals surface area contributed by atoms with Crippen molar-refractivity contribution in [3.63, 3.8) is 0 Å². The second-order valence-corrected chi connectivity index (χ2v) is 4.50. The van der Waals surface area contributed by atoms with Gasteiger partial charge in [-0.15, -0.1) is 0 Å². The Morgan fingerprint density at radius 2 is 2.26 bits per heavy atom. The highest BCUT2D eigenvalue weighted by Crippen LogP contribution is 2.08. The van der Waals surface area contributed by atoms with Crippen LogP contribution >= 0.6 is 0 Å². The van der Waals surface area contributed by atoms with Crippen LogP contribution < -0.4 is 0 Å². The number of rotatable bonds is 4. The van der Waals surface area contributed by atoms with E-state index >= 15 is 0 Å². The van der Waals surface area contributed by atoms with Gasteiger partial charge in [0.05, 0.1) is 12.2 Å². The summed E-state index contributed by atoms with van der Waals surface area (Å²) in [6.07, 6.45) is 0.810. The molecule has 2 aromatic heterocycles. The minimum Gasteiger partial charge on any atom is -0.333 e. The van der Waals surface area contributed by atoms with E-state index in [1.807, 2.05) is 19.9 Å². The zero-order valence-electron chi connectivity index (χ0n) is 11.6. The lowest BCUT2D eigenvalue weighted by Gasteiger charge is -2.14. The SMILES string of the molecule is CCc1cc(C(=O)N(C)Cc2n[nH]c(C)n2)n(C)n1. The van der Waals surface area contributed by atoms with Gasteiger partial charge in [-0.3, -0.25) is 14.6 Å². The fourth-order valence-electron chi connectivity index (χ4n) is 1.84. The molecule has 1 N–H and O–H groups in total. The third-order valence-corrected chi connectivity index (χ3v) is 2.88. The summed E-state index contributed by atoms with van der Waals surface area (Å²) in [6, 6.07) is 1.82. The topological polar surface area (TPSA) is 79.7 Å². The Morgan fingerprint density at radius 3 is 2.79 bits per heavy atom. The van der Waals surface area contributed by atoms with Gasteiger partial charge in [0.1, 0.15) is 11.5 Å². The van der Waals surface area contributed by atoms with Crippen LogP contribution in [-0.4, -0.2) is 42.8 Å². The average molecular weight is 262 g/mol. The van der Waals surface area contributed by atoms with Gasteiger partial charge in [-0.1, -0.05) is 6.92 Å². The van der Waals surface area contributed by atoms with Crippen LogP contribution in [0, 0.1) is 6.92 Å². The first-order valence-corrected chi connectivity index (χ1v) is 6.17. The molecule has 0 aromatic carbocycles. The lowest BCUT2D eigenvalue weighted by Crippen LogP contribution is -2.28. The molecule has 1 amide bonds. The fraction of sp³-hybridized carbons (Fsp3) is 0.500. The van der Waals surface area contributed by atoms with Gasteiger partial charge in [-0.2, -0.15) is 10.2 Å². The smallest absolute Gasteiger partial charge is 0.272 e. The lowest BCUT2D eigenvalue weighted by atomic mass is 10.3. The van der Waals surface area contributed by atoms with Crippen LogP contribution in [0.1, 0.15) is 34.8 Å². The molecule has 0 aliphatic heterocycles. The molecule has 102 valence electrons. The molecule has 0 aliphatic rings. The van der Waals surface area contributed by atoms with Crippen molar-refractivity contribution in [1.29, 1.82) is 0 Å². The Labute approximate surface area is 111 Å². The highest BCUT2D eigenvalue weighted by Gasteiger charge is 2.18. The molecule has 0 saturated heterocycles. The molecule has 0 bridgehead atoms. The highest BCUT2D eigenvalue weighted by molar-refractivity contribution is 5.92. The van der Waals surface area contributed by atoms with Gasteiger partial charge in [0.2, 0.25) is 0 Å². The second-order valence-electron chi connectivity index (χ2n) is 4.50. The molecule has 0 unspecified atom stereocenters. The molecule has 2 heterocycles. The summed E-state index contributed by atoms with van der Waals surface area (Å²) in [5.41, 5.74) is 1.49. The molecular weight excluding hydrogens is 244 g/mol. The van der Waals surface area contributed by atoms with Crippen molar-refractivity contribution < 1.29 is 4.79 Å². The number of nitrogens with one attached hydrogen (secondary N) is 1. The van der Waals surface area contributed by atoms with Crippen molar-refractivity contribution in [2.45, 2.75) is 26.8 Å². The van der Waals surface area contributed by atoms with Gasteiger partial charge in [0.15, 0.2) is 5.82 Å². The van der Waals surface area contributed by atoms with E-state index in [1.54, 1.807) is 23.7 Å². The third-order valence-electron chi connectivity index (χ3n) is 2.88. The molecule has 0 aliphatic carbocycles. The number of nitrogens with zero attached hydrogens (tertiary/aromatic N) is 5. The molecule has 7 heteroatoms. The van der Waals surface area contributed by atoms with Crippen LogP contribution in [0.2, 0.25) is 0 Å². The number of carbonyl (C=O) groups excluding carboxylic acids is 1. The molecule has 0 spiro atoms.